The van der Waals surface area contributed by atoms with E-state index in [1.54, 1.807) is 33.9 Å². The number of nitrogens with zero attached hydrogens (tertiary/aromatic N) is 3. The Balaban J connectivity index is 1.34. The fourth-order valence-corrected chi connectivity index (χ4v) is 6.68. The molecule has 2 aromatic carbocycles. The number of benzene rings is 2. The lowest BCUT2D eigenvalue weighted by Gasteiger charge is -2.32. The highest BCUT2D eigenvalue weighted by atomic mass is 16.6. The van der Waals surface area contributed by atoms with Crippen molar-refractivity contribution in [3.63, 3.8) is 0 Å². The number of carboxylic acid groups (broad SMARTS) is 1. The third kappa shape index (κ3) is 8.03. The van der Waals surface area contributed by atoms with Crippen LogP contribution in [-0.4, -0.2) is 87.5 Å². The van der Waals surface area contributed by atoms with Crippen LogP contribution >= 0.6 is 0 Å². The molecule has 1 aromatic heterocycles. The predicted molar refractivity (Wildman–Crippen MR) is 189 cm³/mol. The Morgan fingerprint density at radius 2 is 1.84 bits per heavy atom. The lowest BCUT2D eigenvalue weighted by Crippen LogP contribution is -2.58. The number of rotatable bonds is 6. The van der Waals surface area contributed by atoms with Crippen molar-refractivity contribution in [3.8, 4) is 22.8 Å². The van der Waals surface area contributed by atoms with Crippen LogP contribution in [0, 0.1) is 5.92 Å². The number of hydrogen-bond donors (Lipinski definition) is 3. The number of fused-ring (bicyclic) bond motifs is 3. The molecule has 0 unspecified atom stereocenters. The van der Waals surface area contributed by atoms with E-state index in [0.29, 0.717) is 34.5 Å². The van der Waals surface area contributed by atoms with Crippen LogP contribution in [0.3, 0.4) is 0 Å². The summed E-state index contributed by atoms with van der Waals surface area (Å²) >= 11 is 0. The van der Waals surface area contributed by atoms with E-state index in [2.05, 4.69) is 10.7 Å². The van der Waals surface area contributed by atoms with Gasteiger partial charge in [0.1, 0.15) is 34.8 Å². The second-order valence-corrected chi connectivity index (χ2v) is 14.3. The number of aromatic nitrogens is 1. The van der Waals surface area contributed by atoms with Crippen molar-refractivity contribution in [1.29, 1.82) is 0 Å². The minimum Gasteiger partial charge on any atom is -0.497 e. The van der Waals surface area contributed by atoms with E-state index >= 15 is 0 Å². The molecule has 1 aliphatic carbocycles. The number of ether oxygens (including phenoxy) is 3. The van der Waals surface area contributed by atoms with Gasteiger partial charge in [-0.05, 0) is 58.6 Å². The zero-order valence-corrected chi connectivity index (χ0v) is 29.4. The van der Waals surface area contributed by atoms with Crippen LogP contribution in [0.1, 0.15) is 59.3 Å². The van der Waals surface area contributed by atoms with E-state index in [4.69, 9.17) is 19.2 Å². The highest BCUT2D eigenvalue weighted by Crippen LogP contribution is 2.45. The minimum atomic E-state index is -1.46. The van der Waals surface area contributed by atoms with Gasteiger partial charge >= 0.3 is 18.1 Å². The average molecular weight is 700 g/mol. The predicted octanol–water partition coefficient (Wildman–Crippen LogP) is 5.68. The number of carbonyl (C=O) groups is 4. The number of hydrazine groups is 1. The molecule has 3 aliphatic rings. The topological polar surface area (TPSA) is 160 Å². The lowest BCUT2D eigenvalue weighted by atomic mass is 10.1. The molecule has 0 spiro atoms. The third-order valence-electron chi connectivity index (χ3n) is 9.37. The molecule has 3 heterocycles. The van der Waals surface area contributed by atoms with Gasteiger partial charge in [-0.1, -0.05) is 48.9 Å². The highest BCUT2D eigenvalue weighted by molar-refractivity contribution is 5.95. The summed E-state index contributed by atoms with van der Waals surface area (Å²) in [7, 11) is 1.58. The molecule has 1 saturated carbocycles. The number of urea groups is 1. The number of pyridine rings is 1. The minimum absolute atomic E-state index is 0.00649. The van der Waals surface area contributed by atoms with Gasteiger partial charge in [0.15, 0.2) is 0 Å². The Kier molecular flexibility index (Phi) is 10.1. The molecular weight excluding hydrogens is 654 g/mol. The number of carboxylic acids is 1. The number of methoxy groups -OCH3 is 1. The molecule has 13 heteroatoms. The van der Waals surface area contributed by atoms with Crippen molar-refractivity contribution in [2.75, 3.05) is 20.2 Å². The van der Waals surface area contributed by atoms with Crippen LogP contribution in [-0.2, 0) is 14.3 Å². The second kappa shape index (κ2) is 14.5. The van der Waals surface area contributed by atoms with E-state index < -0.39 is 47.3 Å². The first-order chi connectivity index (χ1) is 24.4. The zero-order chi connectivity index (χ0) is 36.3. The Bertz CT molecular complexity index is 1830. The summed E-state index contributed by atoms with van der Waals surface area (Å²) in [5, 5.41) is 14.9. The van der Waals surface area contributed by atoms with Crippen molar-refractivity contribution >= 4 is 34.9 Å². The number of amides is 4. The van der Waals surface area contributed by atoms with Gasteiger partial charge < -0.3 is 29.5 Å². The summed E-state index contributed by atoms with van der Waals surface area (Å²) in [6, 6.07) is 15.2. The molecule has 4 amide bonds. The van der Waals surface area contributed by atoms with Gasteiger partial charge in [-0.3, -0.25) is 4.79 Å². The molecule has 4 atom stereocenters. The maximum absolute atomic E-state index is 14.3. The average Bonchev–Trinajstić information content (AvgIpc) is 3.63. The fourth-order valence-electron chi connectivity index (χ4n) is 6.68. The molecule has 2 aliphatic heterocycles. The maximum atomic E-state index is 14.3. The van der Waals surface area contributed by atoms with E-state index in [1.165, 1.54) is 9.91 Å². The van der Waals surface area contributed by atoms with E-state index in [0.717, 1.165) is 24.8 Å². The lowest BCUT2D eigenvalue weighted by molar-refractivity contribution is -0.144. The van der Waals surface area contributed by atoms with E-state index in [-0.39, 0.29) is 31.8 Å². The van der Waals surface area contributed by atoms with Gasteiger partial charge in [-0.2, -0.15) is 0 Å². The van der Waals surface area contributed by atoms with Crippen molar-refractivity contribution in [1.82, 2.24) is 25.6 Å². The van der Waals surface area contributed by atoms with Crippen LogP contribution in [0.2, 0.25) is 0 Å². The van der Waals surface area contributed by atoms with Crippen LogP contribution in [0.5, 0.6) is 11.5 Å². The van der Waals surface area contributed by atoms with Gasteiger partial charge in [0.2, 0.25) is 5.91 Å². The molecule has 51 heavy (non-hydrogen) atoms. The van der Waals surface area contributed by atoms with Gasteiger partial charge in [0, 0.05) is 42.0 Å². The van der Waals surface area contributed by atoms with Crippen molar-refractivity contribution in [3.05, 3.63) is 66.7 Å². The fraction of sp³-hybridized carbons (Fsp3) is 0.447. The van der Waals surface area contributed by atoms with Crippen molar-refractivity contribution < 1.29 is 38.5 Å². The van der Waals surface area contributed by atoms with Crippen molar-refractivity contribution in [2.24, 2.45) is 5.92 Å². The summed E-state index contributed by atoms with van der Waals surface area (Å²) in [6.07, 6.45) is 5.55. The monoisotopic (exact) mass is 699 g/mol. The number of carbonyl (C=O) groups excluding carboxylic acids is 3. The summed E-state index contributed by atoms with van der Waals surface area (Å²) in [5.41, 5.74) is 2.50. The Morgan fingerprint density at radius 3 is 2.57 bits per heavy atom. The van der Waals surface area contributed by atoms with Crippen molar-refractivity contribution in [2.45, 2.75) is 82.6 Å². The summed E-state index contributed by atoms with van der Waals surface area (Å²) < 4.78 is 17.6. The molecule has 0 radical (unpaired) electrons. The van der Waals surface area contributed by atoms with Crippen LogP contribution in [0.25, 0.3) is 22.2 Å². The number of nitrogens with one attached hydrogen (secondary N) is 2. The standard InChI is InChI=1S/C38H45N5O8/c1-37(2,3)51-35(47)41-43-18-12-7-5-6-11-15-25-22-38(25,34(45)46)40-33(44)31-20-27(23-42(31)36(43)48)50-32-21-29(24-13-9-8-10-14-24)39-30-19-26(49-4)16-17-28(30)32/h8-11,13-17,19,21,25,27,31H,5-7,12,18,20,22-23H2,1-4H3,(H,40,44)(H,41,47)(H,45,46)/b15-11-/t25-,27-,31+,38-/m1/s1. The molecular formula is C38H45N5O8. The van der Waals surface area contributed by atoms with Gasteiger partial charge in [0.25, 0.3) is 0 Å². The number of aliphatic carboxylic acids is 1. The Morgan fingerprint density at radius 1 is 1.06 bits per heavy atom. The Hall–Kier alpha value is -5.33. The van der Waals surface area contributed by atoms with Crippen LogP contribution in [0.4, 0.5) is 9.59 Å². The first-order valence-electron chi connectivity index (χ1n) is 17.4. The Labute approximate surface area is 296 Å². The number of allylic oxidation sites excluding steroid dienone is 1. The molecule has 0 bridgehead atoms. The smallest absolute Gasteiger partial charge is 0.426 e. The summed E-state index contributed by atoms with van der Waals surface area (Å²) in [5.74, 6) is -0.963. The van der Waals surface area contributed by atoms with Gasteiger partial charge in [-0.25, -0.2) is 29.8 Å². The number of hydrogen-bond acceptors (Lipinski definition) is 8. The quantitative estimate of drug-likeness (QED) is 0.275. The third-order valence-corrected chi connectivity index (χ3v) is 9.37. The first kappa shape index (κ1) is 35.5. The summed E-state index contributed by atoms with van der Waals surface area (Å²) in [6.45, 7) is 5.34. The highest BCUT2D eigenvalue weighted by Gasteiger charge is 2.61. The van der Waals surface area contributed by atoms with Gasteiger partial charge in [0.05, 0.1) is 24.9 Å². The van der Waals surface area contributed by atoms with E-state index in [9.17, 15) is 24.3 Å². The van der Waals surface area contributed by atoms with Crippen LogP contribution < -0.4 is 20.2 Å². The molecule has 1 saturated heterocycles. The largest absolute Gasteiger partial charge is 0.497 e. The molecule has 2 fully saturated rings. The SMILES string of the molecule is COc1ccc2c(O[C@@H]3C[C@H]4C(=O)N[C@]5(C(=O)O)C[C@H]5/C=C\CCCCCN(NC(=O)OC(C)(C)C)C(=O)N4C3)cc(-c3ccccc3)nc2c1. The second-order valence-electron chi connectivity index (χ2n) is 14.3. The normalized spacial score (nSPS) is 24.7. The van der Waals surface area contributed by atoms with E-state index in [1.807, 2.05) is 60.7 Å². The molecule has 3 aromatic rings. The molecule has 13 nitrogen and oxygen atoms in total. The first-order valence-corrected chi connectivity index (χ1v) is 17.4. The summed E-state index contributed by atoms with van der Waals surface area (Å²) in [4.78, 5) is 60.0. The molecule has 3 N–H and O–H groups in total. The maximum Gasteiger partial charge on any atom is 0.426 e. The van der Waals surface area contributed by atoms with Crippen LogP contribution in [0.15, 0.2) is 66.7 Å². The zero-order valence-electron chi connectivity index (χ0n) is 29.4. The molecule has 270 valence electrons. The molecule has 6 rings (SSSR count). The van der Waals surface area contributed by atoms with Gasteiger partial charge in [-0.15, -0.1) is 0 Å².